The van der Waals surface area contributed by atoms with Gasteiger partial charge in [-0.05, 0) is 16.7 Å². The first-order valence-corrected chi connectivity index (χ1v) is 13.0. The zero-order chi connectivity index (χ0) is 25.8. The maximum absolute atomic E-state index is 13.4. The minimum atomic E-state index is -3.83. The summed E-state index contributed by atoms with van der Waals surface area (Å²) in [4.78, 5) is 25.5. The van der Waals surface area contributed by atoms with E-state index >= 15 is 0 Å². The number of amides is 1. The van der Waals surface area contributed by atoms with Crippen LogP contribution >= 0.6 is 7.60 Å². The fraction of sp³-hybridized carbons (Fsp3) is 0.259. The van der Waals surface area contributed by atoms with E-state index in [2.05, 4.69) is 5.32 Å². The standard InChI is InChI=1S/C27H30NO7P/c1-32-36(31,33-2)24(18-19-28-27(30)34-20-21-12-6-3-7-13-21)35-26(29)25(22-14-8-4-9-15-22)23-16-10-5-11-17-23/h3-17,24-25H,18-20H2,1-2H3,(H,28,30)/t24-/m1/s1. The molecule has 0 bridgehead atoms. The van der Waals surface area contributed by atoms with Crippen LogP contribution < -0.4 is 5.32 Å². The molecule has 1 amide bonds. The molecule has 1 atom stereocenters. The Hall–Kier alpha value is -3.45. The number of hydrogen-bond donors (Lipinski definition) is 1. The Labute approximate surface area is 211 Å². The quantitative estimate of drug-likeness (QED) is 0.254. The summed E-state index contributed by atoms with van der Waals surface area (Å²) in [5.41, 5.74) is 2.29. The van der Waals surface area contributed by atoms with Gasteiger partial charge in [-0.3, -0.25) is 9.36 Å². The molecule has 0 radical (unpaired) electrons. The molecular weight excluding hydrogens is 481 g/mol. The molecule has 0 heterocycles. The van der Waals surface area contributed by atoms with Gasteiger partial charge in [0, 0.05) is 27.2 Å². The van der Waals surface area contributed by atoms with E-state index in [4.69, 9.17) is 18.5 Å². The van der Waals surface area contributed by atoms with E-state index in [0.717, 1.165) is 16.7 Å². The number of carbonyl (C=O) groups excluding carboxylic acids is 2. The van der Waals surface area contributed by atoms with Crippen molar-refractivity contribution >= 4 is 19.7 Å². The Balaban J connectivity index is 1.69. The molecule has 0 saturated heterocycles. The second-order valence-corrected chi connectivity index (χ2v) is 10.2. The highest BCUT2D eigenvalue weighted by molar-refractivity contribution is 7.54. The summed E-state index contributed by atoms with van der Waals surface area (Å²) in [5.74, 6) is -2.61. The van der Waals surface area contributed by atoms with Gasteiger partial charge < -0.3 is 23.8 Å². The molecule has 1 N–H and O–H groups in total. The Morgan fingerprint density at radius 1 is 0.806 bits per heavy atom. The zero-order valence-electron chi connectivity index (χ0n) is 20.2. The maximum Gasteiger partial charge on any atom is 0.407 e. The summed E-state index contributed by atoms with van der Waals surface area (Å²) in [6, 6.07) is 27.6. The summed E-state index contributed by atoms with van der Waals surface area (Å²) >= 11 is 0. The topological polar surface area (TPSA) is 100 Å². The molecule has 3 aromatic rings. The first-order chi connectivity index (χ1) is 17.5. The predicted octanol–water partition coefficient (Wildman–Crippen LogP) is 5.49. The lowest BCUT2D eigenvalue weighted by Gasteiger charge is -2.26. The molecule has 0 aliphatic heterocycles. The largest absolute Gasteiger partial charge is 0.449 e. The molecule has 0 spiro atoms. The van der Waals surface area contributed by atoms with E-state index in [-0.39, 0.29) is 19.6 Å². The van der Waals surface area contributed by atoms with Crippen LogP contribution in [0.5, 0.6) is 0 Å². The van der Waals surface area contributed by atoms with Crippen LogP contribution in [0.4, 0.5) is 4.79 Å². The summed E-state index contributed by atoms with van der Waals surface area (Å²) in [7, 11) is -1.38. The van der Waals surface area contributed by atoms with Crippen LogP contribution in [-0.2, 0) is 34.5 Å². The Bertz CT molecular complexity index is 1100. The Morgan fingerprint density at radius 2 is 1.31 bits per heavy atom. The van der Waals surface area contributed by atoms with Crippen molar-refractivity contribution in [3.63, 3.8) is 0 Å². The van der Waals surface area contributed by atoms with Crippen LogP contribution in [-0.4, -0.2) is 38.7 Å². The van der Waals surface area contributed by atoms with Crippen LogP contribution in [0.15, 0.2) is 91.0 Å². The monoisotopic (exact) mass is 511 g/mol. The number of alkyl carbamates (subject to hydrolysis) is 1. The highest BCUT2D eigenvalue weighted by Crippen LogP contribution is 2.53. The lowest BCUT2D eigenvalue weighted by atomic mass is 9.91. The van der Waals surface area contributed by atoms with E-state index in [0.29, 0.717) is 0 Å². The smallest absolute Gasteiger partial charge is 0.407 e. The van der Waals surface area contributed by atoms with Crippen LogP contribution in [0.2, 0.25) is 0 Å². The molecule has 0 saturated carbocycles. The van der Waals surface area contributed by atoms with Crippen molar-refractivity contribution in [3.05, 3.63) is 108 Å². The minimum Gasteiger partial charge on any atom is -0.449 e. The van der Waals surface area contributed by atoms with Crippen molar-refractivity contribution in [1.29, 1.82) is 0 Å². The molecular formula is C27H30NO7P. The highest BCUT2D eigenvalue weighted by atomic mass is 31.2. The number of hydrogen-bond acceptors (Lipinski definition) is 7. The minimum absolute atomic E-state index is 0.0125. The van der Waals surface area contributed by atoms with Gasteiger partial charge in [-0.25, -0.2) is 4.79 Å². The lowest BCUT2D eigenvalue weighted by Crippen LogP contribution is -2.31. The van der Waals surface area contributed by atoms with E-state index in [1.807, 2.05) is 91.0 Å². The molecule has 0 aliphatic rings. The second kappa shape index (κ2) is 13.6. The molecule has 0 aliphatic carbocycles. The highest BCUT2D eigenvalue weighted by Gasteiger charge is 2.39. The second-order valence-electron chi connectivity index (χ2n) is 7.83. The van der Waals surface area contributed by atoms with Gasteiger partial charge in [-0.1, -0.05) is 91.0 Å². The molecule has 36 heavy (non-hydrogen) atoms. The lowest BCUT2D eigenvalue weighted by molar-refractivity contribution is -0.147. The number of esters is 1. The molecule has 0 unspecified atom stereocenters. The Kier molecular flexibility index (Phi) is 10.2. The molecule has 190 valence electrons. The fourth-order valence-electron chi connectivity index (χ4n) is 3.62. The van der Waals surface area contributed by atoms with E-state index < -0.39 is 31.4 Å². The van der Waals surface area contributed by atoms with Crippen molar-refractivity contribution < 1.29 is 32.7 Å². The molecule has 8 nitrogen and oxygen atoms in total. The summed E-state index contributed by atoms with van der Waals surface area (Å²) in [6.45, 7) is 0.124. The molecule has 0 aromatic heterocycles. The van der Waals surface area contributed by atoms with Crippen molar-refractivity contribution in [2.75, 3.05) is 20.8 Å². The van der Waals surface area contributed by atoms with Gasteiger partial charge in [0.15, 0.2) is 0 Å². The zero-order valence-corrected chi connectivity index (χ0v) is 21.1. The van der Waals surface area contributed by atoms with E-state index in [1.54, 1.807) is 0 Å². The number of ether oxygens (including phenoxy) is 2. The normalized spacial score (nSPS) is 12.1. The number of nitrogens with one attached hydrogen (secondary N) is 1. The maximum atomic E-state index is 13.4. The third kappa shape index (κ3) is 7.52. The average molecular weight is 512 g/mol. The van der Waals surface area contributed by atoms with Gasteiger partial charge >= 0.3 is 19.7 Å². The summed E-state index contributed by atoms with van der Waals surface area (Å²) in [6.07, 6.45) is -0.665. The summed E-state index contributed by atoms with van der Waals surface area (Å²) < 4.78 is 34.4. The number of carbonyl (C=O) groups is 2. The van der Waals surface area contributed by atoms with Crippen molar-refractivity contribution in [1.82, 2.24) is 5.32 Å². The van der Waals surface area contributed by atoms with Crippen LogP contribution in [0, 0.1) is 0 Å². The summed E-state index contributed by atoms with van der Waals surface area (Å²) in [5, 5.41) is 2.58. The molecule has 0 fully saturated rings. The average Bonchev–Trinajstić information content (AvgIpc) is 2.93. The fourth-order valence-corrected chi connectivity index (χ4v) is 4.92. The number of rotatable bonds is 12. The Morgan fingerprint density at radius 3 is 1.81 bits per heavy atom. The van der Waals surface area contributed by atoms with Crippen LogP contribution in [0.1, 0.15) is 29.0 Å². The van der Waals surface area contributed by atoms with Gasteiger partial charge in [0.05, 0.1) is 0 Å². The van der Waals surface area contributed by atoms with Crippen molar-refractivity contribution in [3.8, 4) is 0 Å². The van der Waals surface area contributed by atoms with E-state index in [9.17, 15) is 14.2 Å². The van der Waals surface area contributed by atoms with Gasteiger partial charge in [0.25, 0.3) is 0 Å². The third-order valence-electron chi connectivity index (χ3n) is 5.49. The van der Waals surface area contributed by atoms with Crippen molar-refractivity contribution in [2.24, 2.45) is 0 Å². The predicted molar refractivity (Wildman–Crippen MR) is 135 cm³/mol. The molecule has 3 aromatic carbocycles. The van der Waals surface area contributed by atoms with Gasteiger partial charge in [0.2, 0.25) is 5.85 Å². The first-order valence-electron chi connectivity index (χ1n) is 11.4. The van der Waals surface area contributed by atoms with Crippen LogP contribution in [0.3, 0.4) is 0 Å². The SMILES string of the molecule is COP(=O)(OC)[C@H](CCNC(=O)OCc1ccccc1)OC(=O)C(c1ccccc1)c1ccccc1. The first kappa shape index (κ1) is 27.1. The third-order valence-corrected chi connectivity index (χ3v) is 7.58. The van der Waals surface area contributed by atoms with E-state index in [1.165, 1.54) is 14.2 Å². The molecule has 3 rings (SSSR count). The van der Waals surface area contributed by atoms with Crippen LogP contribution in [0.25, 0.3) is 0 Å². The van der Waals surface area contributed by atoms with Gasteiger partial charge in [-0.2, -0.15) is 0 Å². The van der Waals surface area contributed by atoms with Gasteiger partial charge in [-0.15, -0.1) is 0 Å². The van der Waals surface area contributed by atoms with Gasteiger partial charge in [0.1, 0.15) is 12.5 Å². The van der Waals surface area contributed by atoms with Crippen molar-refractivity contribution in [2.45, 2.75) is 24.8 Å². The number of benzene rings is 3. The molecule has 9 heteroatoms.